The van der Waals surface area contributed by atoms with Crippen molar-refractivity contribution < 1.29 is 13.2 Å². The molecule has 1 atom stereocenters. The number of pyridine rings is 1. The Balaban J connectivity index is 1.68. The predicted molar refractivity (Wildman–Crippen MR) is 108 cm³/mol. The van der Waals surface area contributed by atoms with Crippen LogP contribution in [0.3, 0.4) is 0 Å². The molecule has 0 bridgehead atoms. The van der Waals surface area contributed by atoms with Crippen LogP contribution in [-0.2, 0) is 21.2 Å². The van der Waals surface area contributed by atoms with Gasteiger partial charge in [-0.15, -0.1) is 11.3 Å². The van der Waals surface area contributed by atoms with Gasteiger partial charge in [0.25, 0.3) is 0 Å². The summed E-state index contributed by atoms with van der Waals surface area (Å²) in [5.41, 5.74) is 2.44. The van der Waals surface area contributed by atoms with Gasteiger partial charge in [0.2, 0.25) is 15.9 Å². The van der Waals surface area contributed by atoms with Crippen LogP contribution in [0.4, 0.5) is 0 Å². The highest BCUT2D eigenvalue weighted by atomic mass is 32.2. The molecule has 28 heavy (non-hydrogen) atoms. The van der Waals surface area contributed by atoms with Gasteiger partial charge < -0.3 is 4.90 Å². The molecule has 0 fully saturated rings. The second-order valence-corrected chi connectivity index (χ2v) is 8.78. The van der Waals surface area contributed by atoms with Crippen LogP contribution in [-0.4, -0.2) is 36.2 Å². The zero-order valence-corrected chi connectivity index (χ0v) is 17.1. The number of thiazole rings is 1. The maximum absolute atomic E-state index is 12.7. The van der Waals surface area contributed by atoms with E-state index in [4.69, 9.17) is 5.14 Å². The standard InChI is InChI=1S/C19H20N4O3S2/c1-13(14-5-7-17(8-6-14)28(20,25)26)23(2)18(24)10-16-12-27-19(22-16)15-4-3-9-21-11-15/h3-9,11-13H,10H2,1-2H3,(H2,20,25,26)/t13-/m1/s1. The minimum Gasteiger partial charge on any atom is -0.339 e. The fourth-order valence-electron chi connectivity index (χ4n) is 2.67. The maximum atomic E-state index is 12.7. The Labute approximate surface area is 167 Å². The normalized spacial score (nSPS) is 12.5. The van der Waals surface area contributed by atoms with Gasteiger partial charge in [-0.1, -0.05) is 12.1 Å². The number of rotatable bonds is 6. The van der Waals surface area contributed by atoms with Crippen molar-refractivity contribution in [1.82, 2.24) is 14.9 Å². The molecule has 0 saturated carbocycles. The van der Waals surface area contributed by atoms with Crippen LogP contribution in [0.5, 0.6) is 0 Å². The minimum atomic E-state index is -3.74. The fraction of sp³-hybridized carbons (Fsp3) is 0.211. The third-order valence-electron chi connectivity index (χ3n) is 4.46. The zero-order valence-electron chi connectivity index (χ0n) is 15.4. The van der Waals surface area contributed by atoms with E-state index in [1.165, 1.54) is 23.5 Å². The van der Waals surface area contributed by atoms with Crippen LogP contribution in [0, 0.1) is 0 Å². The van der Waals surface area contributed by atoms with E-state index in [2.05, 4.69) is 9.97 Å². The molecule has 0 spiro atoms. The van der Waals surface area contributed by atoms with Crippen molar-refractivity contribution >= 4 is 27.3 Å². The summed E-state index contributed by atoms with van der Waals surface area (Å²) in [6, 6.07) is 9.77. The Morgan fingerprint density at radius 1 is 1.25 bits per heavy atom. The molecule has 0 aliphatic heterocycles. The lowest BCUT2D eigenvalue weighted by molar-refractivity contribution is -0.131. The van der Waals surface area contributed by atoms with Crippen LogP contribution in [0.15, 0.2) is 59.1 Å². The van der Waals surface area contributed by atoms with E-state index in [1.54, 1.807) is 36.5 Å². The third-order valence-corrected chi connectivity index (χ3v) is 6.33. The van der Waals surface area contributed by atoms with Gasteiger partial charge in [0.15, 0.2) is 0 Å². The first-order chi connectivity index (χ1) is 13.3. The molecule has 3 aromatic rings. The van der Waals surface area contributed by atoms with Crippen molar-refractivity contribution in [3.63, 3.8) is 0 Å². The summed E-state index contributed by atoms with van der Waals surface area (Å²) < 4.78 is 22.7. The average molecular weight is 417 g/mol. The molecule has 2 N–H and O–H groups in total. The van der Waals surface area contributed by atoms with Gasteiger partial charge in [-0.25, -0.2) is 18.5 Å². The molecule has 3 rings (SSSR count). The summed E-state index contributed by atoms with van der Waals surface area (Å²) in [6.07, 6.45) is 3.63. The molecule has 0 aliphatic carbocycles. The second kappa shape index (κ2) is 8.17. The van der Waals surface area contributed by atoms with Crippen LogP contribution in [0.2, 0.25) is 0 Å². The van der Waals surface area contributed by atoms with E-state index in [0.29, 0.717) is 5.69 Å². The number of sulfonamides is 1. The number of carbonyl (C=O) groups excluding carboxylic acids is 1. The Morgan fingerprint density at radius 2 is 1.96 bits per heavy atom. The van der Waals surface area contributed by atoms with E-state index in [1.807, 2.05) is 24.4 Å². The molecule has 0 radical (unpaired) electrons. The lowest BCUT2D eigenvalue weighted by Crippen LogP contribution is -2.31. The molecule has 1 amide bonds. The van der Waals surface area contributed by atoms with Crippen LogP contribution in [0.1, 0.15) is 24.2 Å². The highest BCUT2D eigenvalue weighted by molar-refractivity contribution is 7.89. The molecule has 0 saturated heterocycles. The Hall–Kier alpha value is -2.62. The van der Waals surface area contributed by atoms with Gasteiger partial charge in [0.1, 0.15) is 5.01 Å². The van der Waals surface area contributed by atoms with Crippen molar-refractivity contribution in [3.05, 3.63) is 65.4 Å². The van der Waals surface area contributed by atoms with Crippen molar-refractivity contribution in [2.24, 2.45) is 5.14 Å². The minimum absolute atomic E-state index is 0.0443. The van der Waals surface area contributed by atoms with Crippen LogP contribution < -0.4 is 5.14 Å². The number of hydrogen-bond donors (Lipinski definition) is 1. The highest BCUT2D eigenvalue weighted by Crippen LogP contribution is 2.24. The number of amides is 1. The lowest BCUT2D eigenvalue weighted by Gasteiger charge is -2.25. The first-order valence-corrected chi connectivity index (χ1v) is 10.9. The summed E-state index contributed by atoms with van der Waals surface area (Å²) in [6.45, 7) is 1.88. The van der Waals surface area contributed by atoms with Crippen molar-refractivity contribution in [3.8, 4) is 10.6 Å². The molecule has 2 heterocycles. The Bertz CT molecular complexity index is 1060. The topological polar surface area (TPSA) is 106 Å². The van der Waals surface area contributed by atoms with E-state index in [-0.39, 0.29) is 23.3 Å². The van der Waals surface area contributed by atoms with Gasteiger partial charge in [0, 0.05) is 30.4 Å². The van der Waals surface area contributed by atoms with Crippen molar-refractivity contribution in [1.29, 1.82) is 0 Å². The third kappa shape index (κ3) is 4.61. The average Bonchev–Trinajstić information content (AvgIpc) is 3.15. The second-order valence-electron chi connectivity index (χ2n) is 6.36. The molecule has 1 aromatic carbocycles. The number of primary sulfonamides is 1. The maximum Gasteiger partial charge on any atom is 0.238 e. The number of likely N-dealkylation sites (N-methyl/N-ethyl adjacent to an activating group) is 1. The fourth-order valence-corrected chi connectivity index (χ4v) is 3.99. The highest BCUT2D eigenvalue weighted by Gasteiger charge is 2.19. The number of benzene rings is 1. The van der Waals surface area contributed by atoms with Crippen molar-refractivity contribution in [2.45, 2.75) is 24.3 Å². The molecular formula is C19H20N4O3S2. The smallest absolute Gasteiger partial charge is 0.238 e. The number of carbonyl (C=O) groups is 1. The predicted octanol–water partition coefficient (Wildman–Crippen LogP) is 2.61. The van der Waals surface area contributed by atoms with Gasteiger partial charge in [-0.2, -0.15) is 0 Å². The molecule has 9 heteroatoms. The first kappa shape index (κ1) is 20.1. The quantitative estimate of drug-likeness (QED) is 0.665. The SMILES string of the molecule is C[C@H](c1ccc(S(N)(=O)=O)cc1)N(C)C(=O)Cc1csc(-c2cccnc2)n1. The Kier molecular flexibility index (Phi) is 5.87. The number of nitrogens with zero attached hydrogens (tertiary/aromatic N) is 3. The summed E-state index contributed by atoms with van der Waals surface area (Å²) >= 11 is 1.47. The van der Waals surface area contributed by atoms with E-state index < -0.39 is 10.0 Å². The van der Waals surface area contributed by atoms with Gasteiger partial charge in [-0.05, 0) is 36.8 Å². The monoisotopic (exact) mass is 416 g/mol. The number of nitrogens with two attached hydrogens (primary N) is 1. The van der Waals surface area contributed by atoms with E-state index in [9.17, 15) is 13.2 Å². The van der Waals surface area contributed by atoms with Crippen LogP contribution in [0.25, 0.3) is 10.6 Å². The van der Waals surface area contributed by atoms with E-state index in [0.717, 1.165) is 16.1 Å². The molecular weight excluding hydrogens is 396 g/mol. The van der Waals surface area contributed by atoms with Crippen LogP contribution >= 0.6 is 11.3 Å². The lowest BCUT2D eigenvalue weighted by atomic mass is 10.1. The molecule has 146 valence electrons. The molecule has 2 aromatic heterocycles. The first-order valence-electron chi connectivity index (χ1n) is 8.49. The summed E-state index contributed by atoms with van der Waals surface area (Å²) in [5, 5.41) is 7.82. The largest absolute Gasteiger partial charge is 0.339 e. The number of aromatic nitrogens is 2. The van der Waals surface area contributed by atoms with Crippen molar-refractivity contribution in [2.75, 3.05) is 7.05 Å². The number of hydrogen-bond acceptors (Lipinski definition) is 6. The molecule has 0 aliphatic rings. The summed E-state index contributed by atoms with van der Waals surface area (Å²) in [7, 11) is -2.02. The van der Waals surface area contributed by atoms with Gasteiger partial charge >= 0.3 is 0 Å². The summed E-state index contributed by atoms with van der Waals surface area (Å²) in [4.78, 5) is 22.9. The molecule has 0 unspecified atom stereocenters. The Morgan fingerprint density at radius 3 is 2.57 bits per heavy atom. The van der Waals surface area contributed by atoms with Gasteiger partial charge in [0.05, 0.1) is 23.1 Å². The van der Waals surface area contributed by atoms with Gasteiger partial charge in [-0.3, -0.25) is 9.78 Å². The summed E-state index contributed by atoms with van der Waals surface area (Å²) in [5.74, 6) is -0.0777. The zero-order chi connectivity index (χ0) is 20.3. The van der Waals surface area contributed by atoms with E-state index >= 15 is 0 Å². The molecule has 7 nitrogen and oxygen atoms in total.